The molecule has 2 bridgehead atoms. The second-order valence-electron chi connectivity index (χ2n) is 11.0. The Morgan fingerprint density at radius 2 is 1.68 bits per heavy atom. The molecule has 0 aliphatic carbocycles. The van der Waals surface area contributed by atoms with E-state index in [1.807, 2.05) is 26.8 Å². The highest BCUT2D eigenvalue weighted by Gasteiger charge is 2.53. The molecule has 0 radical (unpaired) electrons. The van der Waals surface area contributed by atoms with Crippen LogP contribution in [0.2, 0.25) is 16.6 Å². The topological polar surface area (TPSA) is 71.1 Å². The number of hydrogen-bond acceptors (Lipinski definition) is 6. The fourth-order valence-electron chi connectivity index (χ4n) is 6.03. The molecule has 2 rings (SSSR count). The molecule has 0 aromatic carbocycles. The molecule has 6 nitrogen and oxygen atoms in total. The van der Waals surface area contributed by atoms with E-state index in [2.05, 4.69) is 41.5 Å². The van der Waals surface area contributed by atoms with Crippen LogP contribution >= 0.6 is 0 Å². The van der Waals surface area contributed by atoms with Gasteiger partial charge in [0, 0.05) is 23.0 Å². The van der Waals surface area contributed by atoms with Crippen LogP contribution in [0.4, 0.5) is 0 Å². The van der Waals surface area contributed by atoms with Crippen molar-refractivity contribution in [1.82, 2.24) is 0 Å². The fourth-order valence-corrected chi connectivity index (χ4v) is 11.4. The van der Waals surface area contributed by atoms with Crippen LogP contribution < -0.4 is 0 Å². The molecule has 0 spiro atoms. The molecule has 0 aromatic heterocycles. The Labute approximate surface area is 207 Å². The van der Waals surface area contributed by atoms with Gasteiger partial charge in [0.15, 0.2) is 11.6 Å². The van der Waals surface area contributed by atoms with Gasteiger partial charge >= 0.3 is 5.97 Å². The summed E-state index contributed by atoms with van der Waals surface area (Å²) in [4.78, 5) is 25.2. The van der Waals surface area contributed by atoms with Crippen LogP contribution in [0, 0.1) is 11.8 Å². The van der Waals surface area contributed by atoms with Crippen molar-refractivity contribution in [1.29, 1.82) is 0 Å². The maximum absolute atomic E-state index is 13.1. The van der Waals surface area contributed by atoms with Crippen LogP contribution in [0.25, 0.3) is 0 Å². The number of fused-ring (bicyclic) bond motifs is 2. The standard InChI is InChI=1S/C27H46O6Si/c1-12-30-26(29)20(9)13-19(8)24-21(10)25-23(28)14-22(27(11,32-24)33-25)15-31-34(16(2)3,17(4)5)18(6)7/h13-14,16-19,21,24-25H,12,15H2,1-11H3/b20-13+/t19-,21?,24?,25?,27?/m1/s1. The summed E-state index contributed by atoms with van der Waals surface area (Å²) in [6, 6.07) is 0. The summed E-state index contributed by atoms with van der Waals surface area (Å²) >= 11 is 0. The van der Waals surface area contributed by atoms with E-state index in [1.54, 1.807) is 19.9 Å². The first-order chi connectivity index (χ1) is 15.7. The zero-order chi connectivity index (χ0) is 26.0. The highest BCUT2D eigenvalue weighted by molar-refractivity contribution is 6.77. The summed E-state index contributed by atoms with van der Waals surface area (Å²) in [5.74, 6) is -1.67. The van der Waals surface area contributed by atoms with Crippen molar-refractivity contribution >= 4 is 20.1 Å². The monoisotopic (exact) mass is 494 g/mol. The Hall–Kier alpha value is -1.28. The molecule has 7 heteroatoms. The summed E-state index contributed by atoms with van der Waals surface area (Å²) in [5, 5.41) is 0. The third kappa shape index (κ3) is 5.58. The number of carbonyl (C=O) groups is 2. The third-order valence-corrected chi connectivity index (χ3v) is 13.8. The van der Waals surface area contributed by atoms with Crippen LogP contribution in [-0.4, -0.2) is 51.3 Å². The molecule has 1 saturated heterocycles. The Balaban J connectivity index is 2.32. The number of ether oxygens (including phenoxy) is 3. The number of esters is 1. The quantitative estimate of drug-likeness (QED) is 0.212. The van der Waals surface area contributed by atoms with Gasteiger partial charge in [-0.1, -0.05) is 61.5 Å². The summed E-state index contributed by atoms with van der Waals surface area (Å²) < 4.78 is 24.7. The first kappa shape index (κ1) is 29.0. The Morgan fingerprint density at radius 1 is 1.12 bits per heavy atom. The Bertz CT molecular complexity index is 792. The summed E-state index contributed by atoms with van der Waals surface area (Å²) in [5.41, 5.74) is 2.58. The molecule has 2 aliphatic rings. The number of hydrogen-bond donors (Lipinski definition) is 0. The number of ketones is 1. The van der Waals surface area contributed by atoms with Crippen molar-refractivity contribution in [3.05, 3.63) is 23.3 Å². The summed E-state index contributed by atoms with van der Waals surface area (Å²) in [6.07, 6.45) is 2.70. The molecule has 194 valence electrons. The average Bonchev–Trinajstić information content (AvgIpc) is 2.73. The van der Waals surface area contributed by atoms with Gasteiger partial charge in [0.2, 0.25) is 8.32 Å². The first-order valence-electron chi connectivity index (χ1n) is 12.8. The molecular formula is C27H46O6Si. The maximum Gasteiger partial charge on any atom is 0.333 e. The lowest BCUT2D eigenvalue weighted by Gasteiger charge is -2.51. The van der Waals surface area contributed by atoms with Crippen molar-refractivity contribution in [2.75, 3.05) is 13.2 Å². The van der Waals surface area contributed by atoms with Crippen molar-refractivity contribution in [3.8, 4) is 0 Å². The molecule has 4 unspecified atom stereocenters. The molecule has 34 heavy (non-hydrogen) atoms. The molecule has 1 fully saturated rings. The van der Waals surface area contributed by atoms with Gasteiger partial charge in [-0.2, -0.15) is 0 Å². The fraction of sp³-hybridized carbons (Fsp3) is 0.778. The predicted octanol–water partition coefficient (Wildman–Crippen LogP) is 5.97. The molecule has 2 aliphatic heterocycles. The highest BCUT2D eigenvalue weighted by atomic mass is 28.4. The van der Waals surface area contributed by atoms with E-state index in [4.69, 9.17) is 18.6 Å². The molecule has 5 atom stereocenters. The first-order valence-corrected chi connectivity index (χ1v) is 14.9. The van der Waals surface area contributed by atoms with Crippen LogP contribution in [0.5, 0.6) is 0 Å². The van der Waals surface area contributed by atoms with E-state index >= 15 is 0 Å². The van der Waals surface area contributed by atoms with Crippen molar-refractivity contribution in [2.24, 2.45) is 11.8 Å². The van der Waals surface area contributed by atoms with Gasteiger partial charge in [-0.25, -0.2) is 4.79 Å². The Kier molecular flexibility index (Phi) is 9.53. The van der Waals surface area contributed by atoms with Gasteiger partial charge < -0.3 is 18.6 Å². The van der Waals surface area contributed by atoms with Gasteiger partial charge in [-0.05, 0) is 43.5 Å². The second kappa shape index (κ2) is 11.2. The van der Waals surface area contributed by atoms with Gasteiger partial charge in [-0.3, -0.25) is 4.79 Å². The predicted molar refractivity (Wildman–Crippen MR) is 137 cm³/mol. The van der Waals surface area contributed by atoms with E-state index < -0.39 is 20.2 Å². The van der Waals surface area contributed by atoms with E-state index in [1.165, 1.54) is 0 Å². The van der Waals surface area contributed by atoms with Crippen LogP contribution in [0.1, 0.15) is 76.2 Å². The molecule has 0 amide bonds. The van der Waals surface area contributed by atoms with Gasteiger partial charge in [0.25, 0.3) is 0 Å². The minimum absolute atomic E-state index is 0.0407. The van der Waals surface area contributed by atoms with E-state index in [0.29, 0.717) is 35.4 Å². The zero-order valence-corrected chi connectivity index (χ0v) is 24.1. The smallest absolute Gasteiger partial charge is 0.333 e. The molecule has 2 heterocycles. The van der Waals surface area contributed by atoms with Crippen LogP contribution in [0.3, 0.4) is 0 Å². The summed E-state index contributed by atoms with van der Waals surface area (Å²) in [7, 11) is -2.13. The van der Waals surface area contributed by atoms with Crippen molar-refractivity contribution in [3.63, 3.8) is 0 Å². The van der Waals surface area contributed by atoms with Crippen LogP contribution in [0.15, 0.2) is 23.3 Å². The lowest BCUT2D eigenvalue weighted by molar-refractivity contribution is -0.311. The van der Waals surface area contributed by atoms with Gasteiger partial charge in [-0.15, -0.1) is 0 Å². The largest absolute Gasteiger partial charge is 0.463 e. The normalized spacial score (nSPS) is 29.0. The van der Waals surface area contributed by atoms with E-state index in [9.17, 15) is 9.59 Å². The second-order valence-corrected chi connectivity index (χ2v) is 16.5. The van der Waals surface area contributed by atoms with Crippen molar-refractivity contribution in [2.45, 2.75) is 111 Å². The lowest BCUT2D eigenvalue weighted by Crippen LogP contribution is -2.59. The highest BCUT2D eigenvalue weighted by Crippen LogP contribution is 2.46. The minimum atomic E-state index is -2.13. The lowest BCUT2D eigenvalue weighted by atomic mass is 9.81. The van der Waals surface area contributed by atoms with E-state index in [-0.39, 0.29) is 29.7 Å². The molecule has 0 saturated carbocycles. The SMILES string of the molecule is CCOC(=O)/C(C)=C/[C@@H](C)C1OC2(C)OC(C(=O)C=C2CO[Si](C(C)C)(C(C)C)C(C)C)C1C. The minimum Gasteiger partial charge on any atom is -0.463 e. The van der Waals surface area contributed by atoms with E-state index in [0.717, 1.165) is 5.57 Å². The molecule has 0 aromatic rings. The van der Waals surface area contributed by atoms with Gasteiger partial charge in [0.1, 0.15) is 6.10 Å². The summed E-state index contributed by atoms with van der Waals surface area (Å²) in [6.45, 7) is 23.5. The zero-order valence-electron chi connectivity index (χ0n) is 23.1. The number of carbonyl (C=O) groups excluding carboxylic acids is 2. The maximum atomic E-state index is 13.1. The molecular weight excluding hydrogens is 448 g/mol. The van der Waals surface area contributed by atoms with Gasteiger partial charge in [0.05, 0.1) is 19.3 Å². The third-order valence-electron chi connectivity index (χ3n) is 7.70. The Morgan fingerprint density at radius 3 is 2.18 bits per heavy atom. The van der Waals surface area contributed by atoms with Crippen molar-refractivity contribution < 1.29 is 28.2 Å². The average molecular weight is 495 g/mol. The number of rotatable bonds is 10. The van der Waals surface area contributed by atoms with Crippen LogP contribution in [-0.2, 0) is 28.2 Å². The molecule has 0 N–H and O–H groups in total.